The van der Waals surface area contributed by atoms with Gasteiger partial charge in [-0.25, -0.2) is 4.90 Å². The van der Waals surface area contributed by atoms with Crippen LogP contribution >= 0.6 is 0 Å². The number of piperidine rings is 1. The van der Waals surface area contributed by atoms with E-state index in [2.05, 4.69) is 13.8 Å². The molecule has 0 radical (unpaired) electrons. The molecular weight excluding hydrogens is 208 g/mol. The molecule has 1 nitrogen and oxygen atoms in total. The smallest absolute Gasteiger partial charge is 0.242 e. The molecule has 0 N–H and O–H groups in total. The second kappa shape index (κ2) is 5.44. The van der Waals surface area contributed by atoms with Crippen LogP contribution in [-0.2, 0) is 0 Å². The standard InChI is InChI=1S/C13H25F2N/c1-5-10(3)12-7-8-16(11(4)6-2)13(14,15)9-12/h10-12H,5-9H2,1-4H3. The van der Waals surface area contributed by atoms with E-state index >= 15 is 0 Å². The van der Waals surface area contributed by atoms with Crippen LogP contribution in [0.4, 0.5) is 8.78 Å². The normalized spacial score (nSPS) is 30.0. The van der Waals surface area contributed by atoms with Crippen LogP contribution in [0, 0.1) is 11.8 Å². The highest BCUT2D eigenvalue weighted by atomic mass is 19.3. The first-order valence-electron chi connectivity index (χ1n) is 6.56. The highest BCUT2D eigenvalue weighted by Crippen LogP contribution is 2.40. The molecule has 0 aromatic heterocycles. The van der Waals surface area contributed by atoms with Gasteiger partial charge in [0, 0.05) is 19.0 Å². The number of alkyl halides is 2. The Hall–Kier alpha value is -0.180. The van der Waals surface area contributed by atoms with Gasteiger partial charge in [-0.3, -0.25) is 0 Å². The average molecular weight is 233 g/mol. The third-order valence-electron chi connectivity index (χ3n) is 4.24. The molecule has 0 bridgehead atoms. The number of likely N-dealkylation sites (tertiary alicyclic amines) is 1. The molecule has 3 atom stereocenters. The van der Waals surface area contributed by atoms with Crippen molar-refractivity contribution in [2.45, 2.75) is 65.5 Å². The Kier molecular flexibility index (Phi) is 4.72. The van der Waals surface area contributed by atoms with Crippen molar-refractivity contribution in [2.75, 3.05) is 6.54 Å². The summed E-state index contributed by atoms with van der Waals surface area (Å²) >= 11 is 0. The number of halogens is 2. The lowest BCUT2D eigenvalue weighted by atomic mass is 9.82. The third-order valence-corrected chi connectivity index (χ3v) is 4.24. The van der Waals surface area contributed by atoms with Gasteiger partial charge < -0.3 is 0 Å². The Morgan fingerprint density at radius 3 is 2.31 bits per heavy atom. The van der Waals surface area contributed by atoms with Crippen LogP contribution in [0.25, 0.3) is 0 Å². The minimum Gasteiger partial charge on any atom is -0.242 e. The molecule has 1 saturated heterocycles. The van der Waals surface area contributed by atoms with Crippen molar-refractivity contribution in [2.24, 2.45) is 11.8 Å². The molecule has 0 saturated carbocycles. The van der Waals surface area contributed by atoms with E-state index in [-0.39, 0.29) is 18.4 Å². The van der Waals surface area contributed by atoms with Crippen molar-refractivity contribution < 1.29 is 8.78 Å². The van der Waals surface area contributed by atoms with E-state index in [1.165, 1.54) is 4.90 Å². The number of hydrogen-bond donors (Lipinski definition) is 0. The topological polar surface area (TPSA) is 3.24 Å². The van der Waals surface area contributed by atoms with Gasteiger partial charge in [0.25, 0.3) is 0 Å². The van der Waals surface area contributed by atoms with Crippen molar-refractivity contribution in [1.29, 1.82) is 0 Å². The van der Waals surface area contributed by atoms with E-state index in [4.69, 9.17) is 0 Å². The van der Waals surface area contributed by atoms with E-state index in [1.54, 1.807) is 0 Å². The Morgan fingerprint density at radius 2 is 1.88 bits per heavy atom. The maximum Gasteiger partial charge on any atom is 0.305 e. The highest BCUT2D eigenvalue weighted by molar-refractivity contribution is 4.85. The molecule has 1 aliphatic rings. The zero-order valence-corrected chi connectivity index (χ0v) is 11.0. The van der Waals surface area contributed by atoms with Gasteiger partial charge in [-0.15, -0.1) is 0 Å². The Labute approximate surface area is 98.2 Å². The molecule has 3 heteroatoms. The monoisotopic (exact) mass is 233 g/mol. The molecule has 1 heterocycles. The summed E-state index contributed by atoms with van der Waals surface area (Å²) in [7, 11) is 0. The van der Waals surface area contributed by atoms with Crippen molar-refractivity contribution in [1.82, 2.24) is 4.90 Å². The van der Waals surface area contributed by atoms with E-state index in [0.29, 0.717) is 12.5 Å². The van der Waals surface area contributed by atoms with Crippen LogP contribution in [0.5, 0.6) is 0 Å². The van der Waals surface area contributed by atoms with Crippen molar-refractivity contribution >= 4 is 0 Å². The first-order chi connectivity index (χ1) is 7.42. The summed E-state index contributed by atoms with van der Waals surface area (Å²) < 4.78 is 28.0. The molecule has 0 aromatic carbocycles. The predicted molar refractivity (Wildman–Crippen MR) is 63.6 cm³/mol. The van der Waals surface area contributed by atoms with Gasteiger partial charge in [0.15, 0.2) is 0 Å². The van der Waals surface area contributed by atoms with Crippen LogP contribution in [0.3, 0.4) is 0 Å². The molecule has 3 unspecified atom stereocenters. The summed E-state index contributed by atoms with van der Waals surface area (Å²) in [5, 5.41) is 0. The molecule has 1 rings (SSSR count). The van der Waals surface area contributed by atoms with Gasteiger partial charge in [-0.2, -0.15) is 8.78 Å². The van der Waals surface area contributed by atoms with Gasteiger partial charge in [-0.05, 0) is 31.6 Å². The molecule has 0 aromatic rings. The van der Waals surface area contributed by atoms with Gasteiger partial charge in [0.2, 0.25) is 0 Å². The Balaban J connectivity index is 2.65. The van der Waals surface area contributed by atoms with Gasteiger partial charge in [0.1, 0.15) is 0 Å². The lowest BCUT2D eigenvalue weighted by Gasteiger charge is -2.43. The second-order valence-electron chi connectivity index (χ2n) is 5.25. The van der Waals surface area contributed by atoms with E-state index in [1.807, 2.05) is 13.8 Å². The summed E-state index contributed by atoms with van der Waals surface area (Å²) in [4.78, 5) is 1.39. The molecule has 0 spiro atoms. The van der Waals surface area contributed by atoms with Crippen molar-refractivity contribution in [3.63, 3.8) is 0 Å². The summed E-state index contributed by atoms with van der Waals surface area (Å²) in [5.41, 5.74) is 0. The summed E-state index contributed by atoms with van der Waals surface area (Å²) in [6.45, 7) is 8.61. The third kappa shape index (κ3) is 2.93. The van der Waals surface area contributed by atoms with Crippen LogP contribution < -0.4 is 0 Å². The van der Waals surface area contributed by atoms with Crippen molar-refractivity contribution in [3.05, 3.63) is 0 Å². The molecule has 16 heavy (non-hydrogen) atoms. The van der Waals surface area contributed by atoms with E-state index in [9.17, 15) is 8.78 Å². The van der Waals surface area contributed by atoms with Gasteiger partial charge >= 0.3 is 6.05 Å². The largest absolute Gasteiger partial charge is 0.305 e. The zero-order chi connectivity index (χ0) is 12.3. The minimum absolute atomic E-state index is 0.00659. The number of rotatable bonds is 4. The van der Waals surface area contributed by atoms with Gasteiger partial charge in [-0.1, -0.05) is 27.2 Å². The van der Waals surface area contributed by atoms with Crippen LogP contribution in [0.2, 0.25) is 0 Å². The lowest BCUT2D eigenvalue weighted by molar-refractivity contribution is -0.199. The van der Waals surface area contributed by atoms with Gasteiger partial charge in [0.05, 0.1) is 0 Å². The van der Waals surface area contributed by atoms with Crippen molar-refractivity contribution in [3.8, 4) is 0 Å². The van der Waals surface area contributed by atoms with E-state index in [0.717, 1.165) is 19.3 Å². The Morgan fingerprint density at radius 1 is 1.25 bits per heavy atom. The SMILES string of the molecule is CCC(C)C1CCN(C(C)CC)C(F)(F)C1. The molecule has 1 fully saturated rings. The number of nitrogens with zero attached hydrogens (tertiary/aromatic N) is 1. The van der Waals surface area contributed by atoms with Crippen LogP contribution in [-0.4, -0.2) is 23.5 Å². The van der Waals surface area contributed by atoms with Crippen LogP contribution in [0.15, 0.2) is 0 Å². The predicted octanol–water partition coefficient (Wildman–Crippen LogP) is 4.14. The molecular formula is C13H25F2N. The molecule has 0 aliphatic carbocycles. The first kappa shape index (κ1) is 13.9. The molecule has 96 valence electrons. The highest BCUT2D eigenvalue weighted by Gasteiger charge is 2.45. The first-order valence-corrected chi connectivity index (χ1v) is 6.56. The molecule has 1 aliphatic heterocycles. The summed E-state index contributed by atoms with van der Waals surface area (Å²) in [6, 6.07) is -2.60. The average Bonchev–Trinajstić information content (AvgIpc) is 2.25. The van der Waals surface area contributed by atoms with E-state index < -0.39 is 6.05 Å². The lowest BCUT2D eigenvalue weighted by Crippen LogP contribution is -2.52. The Bertz CT molecular complexity index is 218. The second-order valence-corrected chi connectivity index (χ2v) is 5.25. The number of hydrogen-bond acceptors (Lipinski definition) is 1. The minimum atomic E-state index is -2.60. The quantitative estimate of drug-likeness (QED) is 0.660. The fraction of sp³-hybridized carbons (Fsp3) is 1.00. The summed E-state index contributed by atoms with van der Waals surface area (Å²) in [5.74, 6) is 0.616. The fourth-order valence-corrected chi connectivity index (χ4v) is 2.59. The fourth-order valence-electron chi connectivity index (χ4n) is 2.59. The summed E-state index contributed by atoms with van der Waals surface area (Å²) in [6.07, 6.45) is 2.77. The maximum atomic E-state index is 14.0. The zero-order valence-electron chi connectivity index (χ0n) is 11.0. The molecule has 0 amide bonds. The maximum absolute atomic E-state index is 14.0. The van der Waals surface area contributed by atoms with Crippen LogP contribution in [0.1, 0.15) is 53.4 Å².